The monoisotopic (exact) mass is 399 g/mol. The van der Waals surface area contributed by atoms with Gasteiger partial charge >= 0.3 is 0 Å². The van der Waals surface area contributed by atoms with Crippen molar-refractivity contribution >= 4 is 46.2 Å². The number of para-hydroxylation sites is 2. The standard InChI is InChI=1S/C21H19Cl2N3O/c1-14(2)26(13-15-7-9-17(22)18(23)11-15)21(27)10-8-16-12-24-19-5-3-4-6-20(19)25-16/h3-12,14H,13H2,1-2H3/b10-8+. The molecule has 0 saturated heterocycles. The Hall–Kier alpha value is -2.43. The molecule has 27 heavy (non-hydrogen) atoms. The topological polar surface area (TPSA) is 46.1 Å². The molecule has 1 heterocycles. The van der Waals surface area contributed by atoms with E-state index in [4.69, 9.17) is 23.2 Å². The predicted molar refractivity (Wildman–Crippen MR) is 111 cm³/mol. The Morgan fingerprint density at radius 1 is 1.11 bits per heavy atom. The van der Waals surface area contributed by atoms with Crippen LogP contribution in [-0.2, 0) is 11.3 Å². The van der Waals surface area contributed by atoms with Gasteiger partial charge in [0.05, 0.1) is 33.0 Å². The molecule has 0 radical (unpaired) electrons. The molecule has 138 valence electrons. The summed E-state index contributed by atoms with van der Waals surface area (Å²) in [5.74, 6) is -0.106. The number of nitrogens with zero attached hydrogens (tertiary/aromatic N) is 3. The molecule has 0 atom stereocenters. The summed E-state index contributed by atoms with van der Waals surface area (Å²) < 4.78 is 0. The molecule has 1 aromatic heterocycles. The largest absolute Gasteiger partial charge is 0.332 e. The minimum absolute atomic E-state index is 0.0271. The highest BCUT2D eigenvalue weighted by molar-refractivity contribution is 6.42. The minimum Gasteiger partial charge on any atom is -0.332 e. The first-order valence-electron chi connectivity index (χ1n) is 8.58. The maximum absolute atomic E-state index is 12.7. The van der Waals surface area contributed by atoms with Gasteiger partial charge in [0, 0.05) is 18.7 Å². The van der Waals surface area contributed by atoms with Crippen molar-refractivity contribution in [2.45, 2.75) is 26.4 Å². The molecule has 0 N–H and O–H groups in total. The average molecular weight is 400 g/mol. The van der Waals surface area contributed by atoms with Gasteiger partial charge in [0.25, 0.3) is 0 Å². The number of fused-ring (bicyclic) bond motifs is 1. The molecule has 0 saturated carbocycles. The Labute approximate surface area is 168 Å². The Balaban J connectivity index is 1.77. The lowest BCUT2D eigenvalue weighted by molar-refractivity contribution is -0.128. The number of carbonyl (C=O) groups excluding carboxylic acids is 1. The van der Waals surface area contributed by atoms with E-state index in [-0.39, 0.29) is 11.9 Å². The summed E-state index contributed by atoms with van der Waals surface area (Å²) in [6.45, 7) is 4.39. The molecule has 0 aliphatic heterocycles. The molecule has 2 aromatic carbocycles. The Kier molecular flexibility index (Phi) is 6.09. The lowest BCUT2D eigenvalue weighted by Gasteiger charge is -2.25. The molecule has 3 aromatic rings. The number of rotatable bonds is 5. The summed E-state index contributed by atoms with van der Waals surface area (Å²) in [5.41, 5.74) is 3.18. The number of benzene rings is 2. The zero-order valence-electron chi connectivity index (χ0n) is 15.1. The van der Waals surface area contributed by atoms with Crippen LogP contribution in [0.1, 0.15) is 25.1 Å². The van der Waals surface area contributed by atoms with Crippen molar-refractivity contribution in [2.75, 3.05) is 0 Å². The molecular weight excluding hydrogens is 381 g/mol. The van der Waals surface area contributed by atoms with Crippen LogP contribution in [-0.4, -0.2) is 26.8 Å². The second-order valence-corrected chi connectivity index (χ2v) is 7.24. The third kappa shape index (κ3) is 4.85. The van der Waals surface area contributed by atoms with Gasteiger partial charge < -0.3 is 4.90 Å². The fourth-order valence-electron chi connectivity index (χ4n) is 2.65. The Bertz CT molecular complexity index is 1000. The predicted octanol–water partition coefficient (Wildman–Crippen LogP) is 5.39. The fraction of sp³-hybridized carbons (Fsp3) is 0.190. The number of amides is 1. The Morgan fingerprint density at radius 2 is 1.85 bits per heavy atom. The number of hydrogen-bond acceptors (Lipinski definition) is 3. The quantitative estimate of drug-likeness (QED) is 0.540. The smallest absolute Gasteiger partial charge is 0.247 e. The summed E-state index contributed by atoms with van der Waals surface area (Å²) in [6, 6.07) is 13.0. The first-order valence-corrected chi connectivity index (χ1v) is 9.34. The van der Waals surface area contributed by atoms with Crippen molar-refractivity contribution in [3.8, 4) is 0 Å². The van der Waals surface area contributed by atoms with Crippen LogP contribution in [0, 0.1) is 0 Å². The second kappa shape index (κ2) is 8.51. The zero-order valence-corrected chi connectivity index (χ0v) is 16.6. The summed E-state index contributed by atoms with van der Waals surface area (Å²) >= 11 is 12.0. The summed E-state index contributed by atoms with van der Waals surface area (Å²) in [4.78, 5) is 23.3. The number of halogens is 2. The molecule has 6 heteroatoms. The third-order valence-electron chi connectivity index (χ3n) is 4.11. The van der Waals surface area contributed by atoms with E-state index in [2.05, 4.69) is 9.97 Å². The van der Waals surface area contributed by atoms with Crippen LogP contribution in [0.25, 0.3) is 17.1 Å². The lowest BCUT2D eigenvalue weighted by Crippen LogP contribution is -2.35. The highest BCUT2D eigenvalue weighted by Gasteiger charge is 2.15. The fourth-order valence-corrected chi connectivity index (χ4v) is 2.97. The first kappa shape index (κ1) is 19.3. The van der Waals surface area contributed by atoms with E-state index in [0.717, 1.165) is 16.6 Å². The van der Waals surface area contributed by atoms with Crippen molar-refractivity contribution in [2.24, 2.45) is 0 Å². The SMILES string of the molecule is CC(C)N(Cc1ccc(Cl)c(Cl)c1)C(=O)/C=C/c1cnc2ccccc2n1. The van der Waals surface area contributed by atoms with Gasteiger partial charge in [-0.05, 0) is 49.8 Å². The van der Waals surface area contributed by atoms with E-state index in [0.29, 0.717) is 22.3 Å². The molecule has 0 aliphatic rings. The molecule has 0 fully saturated rings. The summed E-state index contributed by atoms with van der Waals surface area (Å²) in [5, 5.41) is 0.977. The van der Waals surface area contributed by atoms with E-state index in [1.807, 2.05) is 44.2 Å². The molecular formula is C21H19Cl2N3O. The van der Waals surface area contributed by atoms with Crippen molar-refractivity contribution in [3.63, 3.8) is 0 Å². The Morgan fingerprint density at radius 3 is 2.56 bits per heavy atom. The minimum atomic E-state index is -0.106. The van der Waals surface area contributed by atoms with Gasteiger partial charge in [-0.3, -0.25) is 9.78 Å². The third-order valence-corrected chi connectivity index (χ3v) is 4.85. The number of aromatic nitrogens is 2. The normalized spacial score (nSPS) is 11.4. The van der Waals surface area contributed by atoms with E-state index < -0.39 is 0 Å². The van der Waals surface area contributed by atoms with Crippen molar-refractivity contribution in [3.05, 3.63) is 76.0 Å². The summed E-state index contributed by atoms with van der Waals surface area (Å²) in [6.07, 6.45) is 4.87. The van der Waals surface area contributed by atoms with E-state index in [1.165, 1.54) is 6.08 Å². The van der Waals surface area contributed by atoms with Gasteiger partial charge in [-0.2, -0.15) is 0 Å². The second-order valence-electron chi connectivity index (χ2n) is 6.43. The van der Waals surface area contributed by atoms with Crippen LogP contribution in [0.4, 0.5) is 0 Å². The van der Waals surface area contributed by atoms with Gasteiger partial charge in [0.15, 0.2) is 0 Å². The van der Waals surface area contributed by atoms with Crippen LogP contribution in [0.3, 0.4) is 0 Å². The van der Waals surface area contributed by atoms with Gasteiger partial charge in [-0.1, -0.05) is 41.4 Å². The molecule has 0 unspecified atom stereocenters. The number of hydrogen-bond donors (Lipinski definition) is 0. The average Bonchev–Trinajstić information content (AvgIpc) is 2.66. The molecule has 1 amide bonds. The molecule has 0 bridgehead atoms. The highest BCUT2D eigenvalue weighted by atomic mass is 35.5. The van der Waals surface area contributed by atoms with Gasteiger partial charge in [0.1, 0.15) is 0 Å². The molecule has 0 aliphatic carbocycles. The maximum Gasteiger partial charge on any atom is 0.247 e. The van der Waals surface area contributed by atoms with Crippen LogP contribution in [0.2, 0.25) is 10.0 Å². The van der Waals surface area contributed by atoms with Crippen molar-refractivity contribution < 1.29 is 4.79 Å². The van der Waals surface area contributed by atoms with Crippen LogP contribution >= 0.6 is 23.2 Å². The van der Waals surface area contributed by atoms with Crippen molar-refractivity contribution in [1.29, 1.82) is 0 Å². The maximum atomic E-state index is 12.7. The highest BCUT2D eigenvalue weighted by Crippen LogP contribution is 2.23. The van der Waals surface area contributed by atoms with Crippen LogP contribution in [0.5, 0.6) is 0 Å². The van der Waals surface area contributed by atoms with E-state index >= 15 is 0 Å². The van der Waals surface area contributed by atoms with E-state index in [1.54, 1.807) is 29.3 Å². The molecule has 4 nitrogen and oxygen atoms in total. The molecule has 3 rings (SSSR count). The number of carbonyl (C=O) groups is 1. The first-order chi connectivity index (χ1) is 12.9. The van der Waals surface area contributed by atoms with Crippen molar-refractivity contribution in [1.82, 2.24) is 14.9 Å². The van der Waals surface area contributed by atoms with E-state index in [9.17, 15) is 4.79 Å². The van der Waals surface area contributed by atoms with Gasteiger partial charge in [-0.15, -0.1) is 0 Å². The summed E-state index contributed by atoms with van der Waals surface area (Å²) in [7, 11) is 0. The zero-order chi connectivity index (χ0) is 19.4. The lowest BCUT2D eigenvalue weighted by atomic mass is 10.2. The molecule has 0 spiro atoms. The van der Waals surface area contributed by atoms with Crippen LogP contribution in [0.15, 0.2) is 54.7 Å². The van der Waals surface area contributed by atoms with Gasteiger partial charge in [0.2, 0.25) is 5.91 Å². The van der Waals surface area contributed by atoms with Crippen LogP contribution < -0.4 is 0 Å². The van der Waals surface area contributed by atoms with Gasteiger partial charge in [-0.25, -0.2) is 4.98 Å².